The van der Waals surface area contributed by atoms with Gasteiger partial charge in [-0.05, 0) is 24.6 Å². The first-order chi connectivity index (χ1) is 13.5. The van der Waals surface area contributed by atoms with Crippen molar-refractivity contribution in [1.29, 1.82) is 0 Å². The summed E-state index contributed by atoms with van der Waals surface area (Å²) in [7, 11) is 0. The van der Waals surface area contributed by atoms with Crippen molar-refractivity contribution in [2.75, 3.05) is 36.0 Å². The minimum absolute atomic E-state index is 0.157. The molecule has 1 aromatic heterocycles. The van der Waals surface area contributed by atoms with Gasteiger partial charge in [0.2, 0.25) is 5.91 Å². The molecular weight excluding hydrogens is 367 g/mol. The first kappa shape index (κ1) is 18.2. The molecule has 2 atom stereocenters. The Balaban J connectivity index is 1.43. The smallest absolute Gasteiger partial charge is 0.414 e. The van der Waals surface area contributed by atoms with Crippen LogP contribution in [0.25, 0.3) is 0 Å². The Morgan fingerprint density at radius 2 is 2.25 bits per heavy atom. The molecule has 10 heteroatoms. The van der Waals surface area contributed by atoms with E-state index in [1.807, 2.05) is 4.90 Å². The number of hydrogen-bond acceptors (Lipinski definition) is 6. The number of amides is 2. The van der Waals surface area contributed by atoms with Crippen LogP contribution in [0.3, 0.4) is 0 Å². The summed E-state index contributed by atoms with van der Waals surface area (Å²) in [6.45, 7) is 3.25. The minimum atomic E-state index is -0.546. The largest absolute Gasteiger partial charge is 0.442 e. The number of ether oxygens (including phenoxy) is 1. The van der Waals surface area contributed by atoms with Crippen LogP contribution in [0.1, 0.15) is 19.4 Å². The molecule has 0 radical (unpaired) electrons. The Kier molecular flexibility index (Phi) is 4.84. The molecule has 0 spiro atoms. The summed E-state index contributed by atoms with van der Waals surface area (Å²) in [6.07, 6.45) is 3.01. The number of rotatable bonds is 5. The number of nitrogens with one attached hydrogen (secondary N) is 1. The fraction of sp³-hybridized carbons (Fsp3) is 0.444. The predicted octanol–water partition coefficient (Wildman–Crippen LogP) is 1.33. The molecule has 2 aliphatic heterocycles. The van der Waals surface area contributed by atoms with Crippen molar-refractivity contribution >= 4 is 23.4 Å². The van der Waals surface area contributed by atoms with E-state index in [0.717, 1.165) is 6.42 Å². The summed E-state index contributed by atoms with van der Waals surface area (Å²) >= 11 is 0. The third-order valence-electron chi connectivity index (χ3n) is 5.01. The lowest BCUT2D eigenvalue weighted by atomic mass is 10.2. The Bertz CT molecular complexity index is 874. The number of aromatic nitrogens is 3. The Labute approximate surface area is 161 Å². The Morgan fingerprint density at radius 1 is 1.39 bits per heavy atom. The second-order valence-electron chi connectivity index (χ2n) is 6.95. The molecule has 0 aliphatic carbocycles. The van der Waals surface area contributed by atoms with E-state index in [4.69, 9.17) is 4.74 Å². The van der Waals surface area contributed by atoms with Gasteiger partial charge in [0, 0.05) is 20.0 Å². The topological polar surface area (TPSA) is 92.6 Å². The van der Waals surface area contributed by atoms with Crippen LogP contribution >= 0.6 is 0 Å². The molecule has 1 N–H and O–H groups in total. The van der Waals surface area contributed by atoms with Crippen LogP contribution in [0.2, 0.25) is 0 Å². The average molecular weight is 388 g/mol. The SMILES string of the molecule is CC(=O)NCC1CN(c2ccc(N3CCC(n4cncn4)C3)c(F)c2)C(=O)O1. The van der Waals surface area contributed by atoms with E-state index in [2.05, 4.69) is 15.4 Å². The van der Waals surface area contributed by atoms with Gasteiger partial charge in [0.15, 0.2) is 0 Å². The van der Waals surface area contributed by atoms with Gasteiger partial charge in [0.05, 0.1) is 30.5 Å². The zero-order valence-electron chi connectivity index (χ0n) is 15.4. The summed E-state index contributed by atoms with van der Waals surface area (Å²) in [5.74, 6) is -0.588. The summed E-state index contributed by atoms with van der Waals surface area (Å²) in [4.78, 5) is 30.4. The van der Waals surface area contributed by atoms with E-state index in [9.17, 15) is 14.0 Å². The molecule has 3 heterocycles. The molecular formula is C18H21FN6O3. The van der Waals surface area contributed by atoms with E-state index in [1.165, 1.54) is 24.2 Å². The maximum absolute atomic E-state index is 14.8. The maximum Gasteiger partial charge on any atom is 0.414 e. The lowest BCUT2D eigenvalue weighted by Gasteiger charge is -2.21. The molecule has 2 aliphatic rings. The number of carbonyl (C=O) groups is 2. The maximum atomic E-state index is 14.8. The van der Waals surface area contributed by atoms with Gasteiger partial charge in [-0.3, -0.25) is 9.69 Å². The molecule has 148 valence electrons. The van der Waals surface area contributed by atoms with Crippen molar-refractivity contribution in [3.05, 3.63) is 36.7 Å². The van der Waals surface area contributed by atoms with Crippen LogP contribution in [-0.4, -0.2) is 59.0 Å². The normalized spacial score (nSPS) is 21.9. The van der Waals surface area contributed by atoms with Crippen LogP contribution in [0.5, 0.6) is 0 Å². The highest BCUT2D eigenvalue weighted by molar-refractivity contribution is 5.90. The molecule has 2 unspecified atom stereocenters. The third kappa shape index (κ3) is 3.62. The molecule has 4 rings (SSSR count). The lowest BCUT2D eigenvalue weighted by Crippen LogP contribution is -2.33. The Hall–Kier alpha value is -3.17. The van der Waals surface area contributed by atoms with Gasteiger partial charge >= 0.3 is 6.09 Å². The van der Waals surface area contributed by atoms with E-state index >= 15 is 0 Å². The van der Waals surface area contributed by atoms with Crippen molar-refractivity contribution in [1.82, 2.24) is 20.1 Å². The van der Waals surface area contributed by atoms with Crippen molar-refractivity contribution in [3.63, 3.8) is 0 Å². The van der Waals surface area contributed by atoms with Crippen molar-refractivity contribution in [2.24, 2.45) is 0 Å². The fourth-order valence-electron chi connectivity index (χ4n) is 3.60. The van der Waals surface area contributed by atoms with Crippen LogP contribution in [0.15, 0.2) is 30.9 Å². The van der Waals surface area contributed by atoms with Crippen molar-refractivity contribution in [3.8, 4) is 0 Å². The minimum Gasteiger partial charge on any atom is -0.442 e. The number of anilines is 2. The highest BCUT2D eigenvalue weighted by atomic mass is 19.1. The number of nitrogens with zero attached hydrogens (tertiary/aromatic N) is 5. The number of cyclic esters (lactones) is 1. The van der Waals surface area contributed by atoms with Crippen molar-refractivity contribution in [2.45, 2.75) is 25.5 Å². The van der Waals surface area contributed by atoms with Crippen LogP contribution in [0.4, 0.5) is 20.6 Å². The van der Waals surface area contributed by atoms with E-state index in [-0.39, 0.29) is 25.0 Å². The average Bonchev–Trinajstić information content (AvgIpc) is 3.40. The summed E-state index contributed by atoms with van der Waals surface area (Å²) < 4.78 is 21.8. The number of carbonyl (C=O) groups excluding carboxylic acids is 2. The van der Waals surface area contributed by atoms with E-state index < -0.39 is 18.0 Å². The van der Waals surface area contributed by atoms with Gasteiger partial charge in [0.1, 0.15) is 24.6 Å². The van der Waals surface area contributed by atoms with Crippen LogP contribution < -0.4 is 15.1 Å². The van der Waals surface area contributed by atoms with Crippen LogP contribution in [0, 0.1) is 5.82 Å². The van der Waals surface area contributed by atoms with Gasteiger partial charge in [-0.2, -0.15) is 5.10 Å². The highest BCUT2D eigenvalue weighted by Gasteiger charge is 2.33. The predicted molar refractivity (Wildman–Crippen MR) is 98.6 cm³/mol. The van der Waals surface area contributed by atoms with Gasteiger partial charge in [-0.15, -0.1) is 0 Å². The molecule has 2 aromatic rings. The quantitative estimate of drug-likeness (QED) is 0.831. The highest BCUT2D eigenvalue weighted by Crippen LogP contribution is 2.31. The Morgan fingerprint density at radius 3 is 2.96 bits per heavy atom. The zero-order valence-corrected chi connectivity index (χ0v) is 15.4. The second-order valence-corrected chi connectivity index (χ2v) is 6.95. The summed E-state index contributed by atoms with van der Waals surface area (Å²) in [5, 5.41) is 6.78. The molecule has 1 aromatic carbocycles. The van der Waals surface area contributed by atoms with Crippen molar-refractivity contribution < 1.29 is 18.7 Å². The molecule has 0 saturated carbocycles. The van der Waals surface area contributed by atoms with Gasteiger partial charge in [0.25, 0.3) is 0 Å². The summed E-state index contributed by atoms with van der Waals surface area (Å²) in [5.41, 5.74) is 0.928. The number of halogens is 1. The number of hydrogen-bond donors (Lipinski definition) is 1. The van der Waals surface area contributed by atoms with Gasteiger partial charge in [-0.1, -0.05) is 0 Å². The molecule has 2 saturated heterocycles. The molecule has 28 heavy (non-hydrogen) atoms. The number of benzene rings is 1. The van der Waals surface area contributed by atoms with Crippen LogP contribution in [-0.2, 0) is 9.53 Å². The monoisotopic (exact) mass is 388 g/mol. The first-order valence-corrected chi connectivity index (χ1v) is 9.12. The summed E-state index contributed by atoms with van der Waals surface area (Å²) in [6, 6.07) is 4.90. The fourth-order valence-corrected chi connectivity index (χ4v) is 3.60. The first-order valence-electron chi connectivity index (χ1n) is 9.12. The van der Waals surface area contributed by atoms with E-state index in [0.29, 0.717) is 24.5 Å². The molecule has 2 fully saturated rings. The zero-order chi connectivity index (χ0) is 19.7. The van der Waals surface area contributed by atoms with E-state index in [1.54, 1.807) is 23.1 Å². The molecule has 0 bridgehead atoms. The third-order valence-corrected chi connectivity index (χ3v) is 5.01. The molecule has 2 amide bonds. The lowest BCUT2D eigenvalue weighted by molar-refractivity contribution is -0.119. The molecule has 9 nitrogen and oxygen atoms in total. The van der Waals surface area contributed by atoms with Gasteiger partial charge in [-0.25, -0.2) is 18.9 Å². The second kappa shape index (κ2) is 7.45. The van der Waals surface area contributed by atoms with Gasteiger partial charge < -0.3 is 15.0 Å². The standard InChI is InChI=1S/C18H21FN6O3/c1-12(26)21-7-15-9-24(18(27)28-15)13-2-3-17(16(19)6-13)23-5-4-14(8-23)25-11-20-10-22-25/h2-3,6,10-11,14-15H,4-5,7-9H2,1H3,(H,21,26).